The van der Waals surface area contributed by atoms with Crippen LogP contribution in [0.25, 0.3) is 0 Å². The fourth-order valence-corrected chi connectivity index (χ4v) is 2.20. The van der Waals surface area contributed by atoms with Crippen LogP contribution in [0, 0.1) is 0 Å². The highest BCUT2D eigenvalue weighted by Gasteiger charge is 2.20. The van der Waals surface area contributed by atoms with E-state index in [2.05, 4.69) is 0 Å². The highest BCUT2D eigenvalue weighted by atomic mass is 16.5. The number of Topliss-reactive ketones (excluding diaryl/α,β-unsaturated/α-hetero) is 1. The number of ether oxygens (including phenoxy) is 1. The van der Waals surface area contributed by atoms with Crippen molar-refractivity contribution in [3.63, 3.8) is 0 Å². The summed E-state index contributed by atoms with van der Waals surface area (Å²) in [6, 6.07) is 7.15. The molecular formula is C16H23NO3. The Morgan fingerprint density at radius 3 is 2.25 bits per heavy atom. The van der Waals surface area contributed by atoms with E-state index >= 15 is 0 Å². The van der Waals surface area contributed by atoms with Crippen molar-refractivity contribution in [2.75, 3.05) is 6.61 Å². The van der Waals surface area contributed by atoms with Crippen LogP contribution in [0.2, 0.25) is 0 Å². The summed E-state index contributed by atoms with van der Waals surface area (Å²) in [7, 11) is 0. The molecule has 0 fully saturated rings. The Morgan fingerprint density at radius 2 is 1.75 bits per heavy atom. The van der Waals surface area contributed by atoms with Gasteiger partial charge in [0.15, 0.2) is 12.4 Å². The van der Waals surface area contributed by atoms with Gasteiger partial charge in [-0.15, -0.1) is 0 Å². The quantitative estimate of drug-likeness (QED) is 0.751. The highest BCUT2D eigenvalue weighted by molar-refractivity contribution is 5.94. The summed E-state index contributed by atoms with van der Waals surface area (Å²) in [6.45, 7) is 9.41. The van der Waals surface area contributed by atoms with E-state index in [0.717, 1.165) is 0 Å². The largest absolute Gasteiger partial charge is 0.484 e. The molecule has 0 N–H and O–H groups in total. The number of nitrogens with zero attached hydrogens (tertiary/aromatic N) is 1. The van der Waals surface area contributed by atoms with Gasteiger partial charge in [-0.1, -0.05) is 12.1 Å². The Labute approximate surface area is 120 Å². The zero-order valence-corrected chi connectivity index (χ0v) is 12.8. The van der Waals surface area contributed by atoms with E-state index in [1.807, 2.05) is 27.7 Å². The maximum absolute atomic E-state index is 12.2. The van der Waals surface area contributed by atoms with Crippen LogP contribution in [0.3, 0.4) is 0 Å². The predicted molar refractivity (Wildman–Crippen MR) is 79.1 cm³/mol. The van der Waals surface area contributed by atoms with Gasteiger partial charge in [0, 0.05) is 17.6 Å². The summed E-state index contributed by atoms with van der Waals surface area (Å²) in [5, 5.41) is 0. The van der Waals surface area contributed by atoms with Gasteiger partial charge in [0.1, 0.15) is 5.75 Å². The Hall–Kier alpha value is -1.84. The normalized spacial score (nSPS) is 10.8. The molecule has 20 heavy (non-hydrogen) atoms. The van der Waals surface area contributed by atoms with Gasteiger partial charge in [-0.25, -0.2) is 0 Å². The summed E-state index contributed by atoms with van der Waals surface area (Å²) in [5.74, 6) is 0.467. The van der Waals surface area contributed by atoms with Crippen LogP contribution in [0.5, 0.6) is 5.75 Å². The summed E-state index contributed by atoms with van der Waals surface area (Å²) < 4.78 is 5.50. The predicted octanol–water partition coefficient (Wildman–Crippen LogP) is 2.91. The van der Waals surface area contributed by atoms with Crippen LogP contribution >= 0.6 is 0 Å². The molecule has 0 aromatic heterocycles. The van der Waals surface area contributed by atoms with Crippen LogP contribution in [-0.4, -0.2) is 35.3 Å². The Morgan fingerprint density at radius 1 is 1.15 bits per heavy atom. The van der Waals surface area contributed by atoms with Gasteiger partial charge in [0.25, 0.3) is 5.91 Å². The van der Waals surface area contributed by atoms with Gasteiger partial charge in [0.2, 0.25) is 0 Å². The van der Waals surface area contributed by atoms with Crippen molar-refractivity contribution in [1.29, 1.82) is 0 Å². The molecule has 1 amide bonds. The molecule has 0 spiro atoms. The average Bonchev–Trinajstić information content (AvgIpc) is 2.35. The minimum atomic E-state index is -0.0526. The first-order chi connectivity index (χ1) is 9.32. The number of benzene rings is 1. The molecule has 1 aromatic rings. The lowest BCUT2D eigenvalue weighted by Crippen LogP contribution is -2.44. The van der Waals surface area contributed by atoms with E-state index in [-0.39, 0.29) is 30.4 Å². The van der Waals surface area contributed by atoms with Crippen molar-refractivity contribution in [2.45, 2.75) is 46.7 Å². The number of carbonyl (C=O) groups excluding carboxylic acids is 2. The molecule has 0 aliphatic rings. The fourth-order valence-electron chi connectivity index (χ4n) is 2.20. The minimum absolute atomic E-state index is 0.0162. The van der Waals surface area contributed by atoms with Crippen LogP contribution < -0.4 is 4.74 Å². The second kappa shape index (κ2) is 7.08. The molecule has 0 heterocycles. The number of amides is 1. The molecule has 4 nitrogen and oxygen atoms in total. The third-order valence-corrected chi connectivity index (χ3v) is 3.00. The number of hydrogen-bond donors (Lipinski definition) is 0. The van der Waals surface area contributed by atoms with E-state index in [1.54, 1.807) is 29.2 Å². The lowest BCUT2D eigenvalue weighted by atomic mass is 10.1. The Kier molecular flexibility index (Phi) is 5.74. The topological polar surface area (TPSA) is 46.6 Å². The Bertz CT molecular complexity index is 472. The van der Waals surface area contributed by atoms with Gasteiger partial charge < -0.3 is 9.64 Å². The van der Waals surface area contributed by atoms with Gasteiger partial charge in [-0.05, 0) is 46.8 Å². The van der Waals surface area contributed by atoms with E-state index in [0.29, 0.717) is 11.3 Å². The zero-order chi connectivity index (χ0) is 15.3. The number of ketones is 1. The second-order valence-corrected chi connectivity index (χ2v) is 5.36. The molecule has 1 aromatic carbocycles. The zero-order valence-electron chi connectivity index (χ0n) is 12.8. The van der Waals surface area contributed by atoms with Crippen molar-refractivity contribution < 1.29 is 14.3 Å². The number of rotatable bonds is 6. The van der Waals surface area contributed by atoms with Crippen molar-refractivity contribution in [3.05, 3.63) is 29.8 Å². The fraction of sp³-hybridized carbons (Fsp3) is 0.500. The number of hydrogen-bond acceptors (Lipinski definition) is 3. The summed E-state index contributed by atoms with van der Waals surface area (Å²) in [4.78, 5) is 25.2. The van der Waals surface area contributed by atoms with E-state index < -0.39 is 0 Å². The Balaban J connectivity index is 2.69. The smallest absolute Gasteiger partial charge is 0.260 e. The summed E-state index contributed by atoms with van der Waals surface area (Å²) >= 11 is 0. The van der Waals surface area contributed by atoms with Crippen LogP contribution in [-0.2, 0) is 4.79 Å². The lowest BCUT2D eigenvalue weighted by molar-refractivity contribution is -0.136. The van der Waals surface area contributed by atoms with Crippen LogP contribution in [0.15, 0.2) is 24.3 Å². The van der Waals surface area contributed by atoms with E-state index in [9.17, 15) is 9.59 Å². The molecule has 0 aliphatic heterocycles. The molecule has 0 saturated carbocycles. The SMILES string of the molecule is CC(=O)c1cccc(OCC(=O)N(C(C)C)C(C)C)c1. The second-order valence-electron chi connectivity index (χ2n) is 5.36. The molecule has 110 valence electrons. The lowest BCUT2D eigenvalue weighted by Gasteiger charge is -2.30. The molecule has 0 saturated heterocycles. The van der Waals surface area contributed by atoms with E-state index in [4.69, 9.17) is 4.74 Å². The highest BCUT2D eigenvalue weighted by Crippen LogP contribution is 2.14. The maximum Gasteiger partial charge on any atom is 0.260 e. The summed E-state index contributed by atoms with van der Waals surface area (Å²) in [6.07, 6.45) is 0. The first kappa shape index (κ1) is 16.2. The molecular weight excluding hydrogens is 254 g/mol. The molecule has 0 bridgehead atoms. The van der Waals surface area contributed by atoms with Gasteiger partial charge in [0.05, 0.1) is 0 Å². The third-order valence-electron chi connectivity index (χ3n) is 3.00. The van der Waals surface area contributed by atoms with Crippen molar-refractivity contribution >= 4 is 11.7 Å². The molecule has 0 unspecified atom stereocenters. The molecule has 0 aliphatic carbocycles. The van der Waals surface area contributed by atoms with Crippen molar-refractivity contribution in [1.82, 2.24) is 4.90 Å². The maximum atomic E-state index is 12.2. The third kappa shape index (κ3) is 4.37. The van der Waals surface area contributed by atoms with Gasteiger partial charge in [-0.3, -0.25) is 9.59 Å². The van der Waals surface area contributed by atoms with Crippen LogP contribution in [0.4, 0.5) is 0 Å². The minimum Gasteiger partial charge on any atom is -0.484 e. The molecule has 4 heteroatoms. The molecule has 1 rings (SSSR count). The molecule has 0 radical (unpaired) electrons. The summed E-state index contributed by atoms with van der Waals surface area (Å²) in [5.41, 5.74) is 0.583. The van der Waals surface area contributed by atoms with Crippen LogP contribution in [0.1, 0.15) is 45.0 Å². The van der Waals surface area contributed by atoms with E-state index in [1.165, 1.54) is 6.92 Å². The average molecular weight is 277 g/mol. The molecule has 0 atom stereocenters. The van der Waals surface area contributed by atoms with Gasteiger partial charge in [-0.2, -0.15) is 0 Å². The van der Waals surface area contributed by atoms with Crippen molar-refractivity contribution in [3.8, 4) is 5.75 Å². The first-order valence-corrected chi connectivity index (χ1v) is 6.88. The monoisotopic (exact) mass is 277 g/mol. The standard InChI is InChI=1S/C16H23NO3/c1-11(2)17(12(3)4)16(19)10-20-15-8-6-7-14(9-15)13(5)18/h6-9,11-12H,10H2,1-5H3. The first-order valence-electron chi connectivity index (χ1n) is 6.88. The van der Waals surface area contributed by atoms with Gasteiger partial charge >= 0.3 is 0 Å². The van der Waals surface area contributed by atoms with Crippen molar-refractivity contribution in [2.24, 2.45) is 0 Å². The number of carbonyl (C=O) groups is 2.